The Balaban J connectivity index is 1.38. The van der Waals surface area contributed by atoms with Gasteiger partial charge in [-0.1, -0.05) is 61.7 Å². The Hall–Kier alpha value is -2.86. The predicted octanol–water partition coefficient (Wildman–Crippen LogP) is 5.35. The van der Waals surface area contributed by atoms with Crippen LogP contribution in [0.2, 0.25) is 0 Å². The van der Waals surface area contributed by atoms with E-state index in [2.05, 4.69) is 81.9 Å². The lowest BCUT2D eigenvalue weighted by Gasteiger charge is -2.37. The van der Waals surface area contributed by atoms with Crippen LogP contribution in [-0.4, -0.2) is 65.5 Å². The Morgan fingerprint density at radius 1 is 0.917 bits per heavy atom. The van der Waals surface area contributed by atoms with Crippen LogP contribution in [0, 0.1) is 5.92 Å². The molecule has 0 N–H and O–H groups in total. The minimum atomic E-state index is 0.00393. The summed E-state index contributed by atoms with van der Waals surface area (Å²) in [5, 5.41) is 0. The molecule has 192 valence electrons. The van der Waals surface area contributed by atoms with Crippen molar-refractivity contribution in [1.29, 1.82) is 0 Å². The van der Waals surface area contributed by atoms with E-state index in [-0.39, 0.29) is 11.8 Å². The monoisotopic (exact) mass is 487 g/mol. The molecule has 1 aliphatic heterocycles. The Kier molecular flexibility index (Phi) is 7.90. The van der Waals surface area contributed by atoms with Gasteiger partial charge in [-0.15, -0.1) is 0 Å². The van der Waals surface area contributed by atoms with Gasteiger partial charge in [-0.25, -0.2) is 4.98 Å². The zero-order valence-corrected chi connectivity index (χ0v) is 22.0. The van der Waals surface area contributed by atoms with Gasteiger partial charge in [0.1, 0.15) is 0 Å². The van der Waals surface area contributed by atoms with Gasteiger partial charge < -0.3 is 19.3 Å². The first kappa shape index (κ1) is 24.8. The fourth-order valence-electron chi connectivity index (χ4n) is 5.96. The summed E-state index contributed by atoms with van der Waals surface area (Å²) in [6.07, 6.45) is 8.33. The average Bonchev–Trinajstić information content (AvgIpc) is 3.31. The molecule has 6 nitrogen and oxygen atoms in total. The van der Waals surface area contributed by atoms with Crippen molar-refractivity contribution in [2.24, 2.45) is 5.92 Å². The molecular formula is C30H41N5O. The lowest BCUT2D eigenvalue weighted by atomic mass is 9.94. The number of nitrogens with zero attached hydrogens (tertiary/aromatic N) is 5. The summed E-state index contributed by atoms with van der Waals surface area (Å²) in [5.74, 6) is 1.36. The number of aromatic nitrogens is 2. The number of likely N-dealkylation sites (N-methyl/N-ethyl adjacent to an activating group) is 1. The second-order valence-electron chi connectivity index (χ2n) is 10.9. The fourth-order valence-corrected chi connectivity index (χ4v) is 5.96. The smallest absolute Gasteiger partial charge is 0.227 e. The molecule has 2 aliphatic rings. The molecule has 5 rings (SSSR count). The Morgan fingerprint density at radius 2 is 1.67 bits per heavy atom. The summed E-state index contributed by atoms with van der Waals surface area (Å²) >= 11 is 0. The Morgan fingerprint density at radius 3 is 2.44 bits per heavy atom. The molecule has 0 radical (unpaired) electrons. The predicted molar refractivity (Wildman–Crippen MR) is 147 cm³/mol. The number of para-hydroxylation sites is 2. The molecule has 6 heteroatoms. The number of carbonyl (C=O) groups excluding carboxylic acids is 1. The number of imidazole rings is 1. The van der Waals surface area contributed by atoms with Crippen molar-refractivity contribution in [2.75, 3.05) is 45.2 Å². The average molecular weight is 488 g/mol. The molecule has 0 spiro atoms. The zero-order valence-electron chi connectivity index (χ0n) is 22.0. The SMILES string of the molecule is CN(C)CCN(Cc1ccccc1)C(=O)C1CCCN(c2nc3ccccc3n2C2CCCCC2)C1. The zero-order chi connectivity index (χ0) is 24.9. The third-order valence-corrected chi connectivity index (χ3v) is 7.92. The highest BCUT2D eigenvalue weighted by atomic mass is 16.2. The fraction of sp³-hybridized carbons (Fsp3) is 0.533. The summed E-state index contributed by atoms with van der Waals surface area (Å²) < 4.78 is 2.51. The van der Waals surface area contributed by atoms with Crippen LogP contribution in [0.1, 0.15) is 56.6 Å². The highest BCUT2D eigenvalue weighted by Crippen LogP contribution is 2.36. The Bertz CT molecular complexity index is 1130. The number of fused-ring (bicyclic) bond motifs is 1. The van der Waals surface area contributed by atoms with E-state index in [4.69, 9.17) is 4.98 Å². The molecule has 1 saturated heterocycles. The number of hydrogen-bond donors (Lipinski definition) is 0. The van der Waals surface area contributed by atoms with Gasteiger partial charge in [-0.2, -0.15) is 0 Å². The quantitative estimate of drug-likeness (QED) is 0.430. The topological polar surface area (TPSA) is 44.6 Å². The number of hydrogen-bond acceptors (Lipinski definition) is 4. The van der Waals surface area contributed by atoms with Crippen LogP contribution < -0.4 is 4.90 Å². The second kappa shape index (κ2) is 11.5. The van der Waals surface area contributed by atoms with E-state index >= 15 is 0 Å². The summed E-state index contributed by atoms with van der Waals surface area (Å²) in [4.78, 5) is 25.7. The standard InChI is InChI=1S/C30H41N5O/c1-32(2)20-21-33(22-24-12-5-3-6-13-24)29(36)25-14-11-19-34(23-25)30-31-27-17-9-10-18-28(27)35(30)26-15-7-4-8-16-26/h3,5-6,9-10,12-13,17-18,25-26H,4,7-8,11,14-16,19-23H2,1-2H3. The molecular weight excluding hydrogens is 446 g/mol. The van der Waals surface area contributed by atoms with Crippen molar-refractivity contribution in [3.05, 3.63) is 60.2 Å². The van der Waals surface area contributed by atoms with E-state index in [1.807, 2.05) is 6.07 Å². The van der Waals surface area contributed by atoms with E-state index in [1.54, 1.807) is 0 Å². The first-order valence-electron chi connectivity index (χ1n) is 13.8. The number of piperidine rings is 1. The van der Waals surface area contributed by atoms with Crippen LogP contribution in [0.25, 0.3) is 11.0 Å². The molecule has 1 atom stereocenters. The van der Waals surface area contributed by atoms with Crippen LogP contribution in [-0.2, 0) is 11.3 Å². The number of amides is 1. The van der Waals surface area contributed by atoms with E-state index < -0.39 is 0 Å². The van der Waals surface area contributed by atoms with Crippen LogP contribution in [0.4, 0.5) is 5.95 Å². The molecule has 1 aromatic heterocycles. The molecule has 1 amide bonds. The minimum Gasteiger partial charge on any atom is -0.341 e. The molecule has 0 bridgehead atoms. The molecule has 2 aromatic carbocycles. The maximum absolute atomic E-state index is 13.9. The maximum Gasteiger partial charge on any atom is 0.227 e. The van der Waals surface area contributed by atoms with E-state index in [0.717, 1.165) is 50.5 Å². The van der Waals surface area contributed by atoms with E-state index in [1.165, 1.54) is 43.2 Å². The molecule has 1 unspecified atom stereocenters. The van der Waals surface area contributed by atoms with Crippen LogP contribution >= 0.6 is 0 Å². The maximum atomic E-state index is 13.9. The van der Waals surface area contributed by atoms with Crippen molar-refractivity contribution >= 4 is 22.9 Å². The first-order valence-corrected chi connectivity index (χ1v) is 13.8. The third kappa shape index (κ3) is 5.59. The van der Waals surface area contributed by atoms with Gasteiger partial charge in [0.05, 0.1) is 17.0 Å². The molecule has 3 aromatic rings. The number of anilines is 1. The molecule has 1 aliphatic carbocycles. The largest absolute Gasteiger partial charge is 0.341 e. The second-order valence-corrected chi connectivity index (χ2v) is 10.9. The Labute approximate surface area is 215 Å². The van der Waals surface area contributed by atoms with Gasteiger partial charge >= 0.3 is 0 Å². The highest BCUT2D eigenvalue weighted by Gasteiger charge is 2.32. The number of rotatable bonds is 8. The van der Waals surface area contributed by atoms with Gasteiger partial charge in [-0.05, 0) is 57.5 Å². The minimum absolute atomic E-state index is 0.00393. The summed E-state index contributed by atoms with van der Waals surface area (Å²) in [6, 6.07) is 19.5. The van der Waals surface area contributed by atoms with Gasteiger partial charge in [0, 0.05) is 38.8 Å². The van der Waals surface area contributed by atoms with E-state index in [0.29, 0.717) is 12.6 Å². The van der Waals surface area contributed by atoms with E-state index in [9.17, 15) is 4.79 Å². The van der Waals surface area contributed by atoms with Gasteiger partial charge in [0.15, 0.2) is 0 Å². The number of carbonyl (C=O) groups is 1. The van der Waals surface area contributed by atoms with Crippen molar-refractivity contribution in [1.82, 2.24) is 19.4 Å². The van der Waals surface area contributed by atoms with Crippen molar-refractivity contribution in [3.63, 3.8) is 0 Å². The molecule has 2 heterocycles. The van der Waals surface area contributed by atoms with Crippen LogP contribution in [0.3, 0.4) is 0 Å². The van der Waals surface area contributed by atoms with Gasteiger partial charge in [0.2, 0.25) is 11.9 Å². The third-order valence-electron chi connectivity index (χ3n) is 7.92. The molecule has 1 saturated carbocycles. The van der Waals surface area contributed by atoms with Crippen LogP contribution in [0.5, 0.6) is 0 Å². The van der Waals surface area contributed by atoms with Gasteiger partial charge in [-0.3, -0.25) is 4.79 Å². The first-order chi connectivity index (χ1) is 17.6. The summed E-state index contributed by atoms with van der Waals surface area (Å²) in [7, 11) is 4.15. The molecule has 36 heavy (non-hydrogen) atoms. The van der Waals surface area contributed by atoms with Crippen molar-refractivity contribution in [3.8, 4) is 0 Å². The number of benzene rings is 2. The lowest BCUT2D eigenvalue weighted by Crippen LogP contribution is -2.47. The lowest BCUT2D eigenvalue weighted by molar-refractivity contribution is -0.136. The van der Waals surface area contributed by atoms with Crippen LogP contribution in [0.15, 0.2) is 54.6 Å². The normalized spacial score (nSPS) is 19.2. The summed E-state index contributed by atoms with van der Waals surface area (Å²) in [6.45, 7) is 4.01. The summed E-state index contributed by atoms with van der Waals surface area (Å²) in [5.41, 5.74) is 3.50. The van der Waals surface area contributed by atoms with Crippen molar-refractivity contribution in [2.45, 2.75) is 57.5 Å². The van der Waals surface area contributed by atoms with Crippen molar-refractivity contribution < 1.29 is 4.79 Å². The molecule has 2 fully saturated rings. The van der Waals surface area contributed by atoms with Gasteiger partial charge in [0.25, 0.3) is 0 Å². The highest BCUT2D eigenvalue weighted by molar-refractivity contribution is 5.81.